The van der Waals surface area contributed by atoms with Gasteiger partial charge in [-0.25, -0.2) is 22.5 Å². The molecule has 0 aliphatic carbocycles. The Balaban J connectivity index is 2.20. The quantitative estimate of drug-likeness (QED) is 0.747. The first kappa shape index (κ1) is 16.7. The van der Waals surface area contributed by atoms with Crippen molar-refractivity contribution in [1.82, 2.24) is 9.29 Å². The van der Waals surface area contributed by atoms with Gasteiger partial charge >= 0.3 is 5.97 Å². The van der Waals surface area contributed by atoms with Crippen molar-refractivity contribution < 1.29 is 23.4 Å². The third-order valence-corrected chi connectivity index (χ3v) is 5.67. The molecule has 2 rings (SSSR count). The van der Waals surface area contributed by atoms with E-state index in [1.54, 1.807) is 4.90 Å². The first-order chi connectivity index (χ1) is 10.2. The molecule has 8 nitrogen and oxygen atoms in total. The van der Waals surface area contributed by atoms with Crippen LogP contribution >= 0.6 is 0 Å². The fourth-order valence-corrected chi connectivity index (χ4v) is 3.59. The summed E-state index contributed by atoms with van der Waals surface area (Å²) in [5, 5.41) is 19.3. The highest BCUT2D eigenvalue weighted by Gasteiger charge is 2.37. The number of rotatable bonds is 5. The molecule has 0 aromatic carbocycles. The van der Waals surface area contributed by atoms with Crippen LogP contribution in [0.4, 0.5) is 5.82 Å². The molecule has 22 heavy (non-hydrogen) atoms. The summed E-state index contributed by atoms with van der Waals surface area (Å²) < 4.78 is 25.0. The van der Waals surface area contributed by atoms with Gasteiger partial charge in [-0.2, -0.15) is 0 Å². The number of pyridine rings is 1. The smallest absolute Gasteiger partial charge is 0.339 e. The molecule has 1 aliphatic rings. The maximum absolute atomic E-state index is 11.9. The Morgan fingerprint density at radius 3 is 2.73 bits per heavy atom. The molecule has 9 heteroatoms. The molecular weight excluding hydrogens is 310 g/mol. The zero-order valence-electron chi connectivity index (χ0n) is 12.4. The van der Waals surface area contributed by atoms with E-state index >= 15 is 0 Å². The molecule has 2 atom stereocenters. The van der Waals surface area contributed by atoms with Gasteiger partial charge in [0.15, 0.2) is 0 Å². The summed E-state index contributed by atoms with van der Waals surface area (Å²) in [7, 11) is -0.556. The molecule has 2 N–H and O–H groups in total. The summed E-state index contributed by atoms with van der Waals surface area (Å²) in [6.45, 7) is 0.399. The Morgan fingerprint density at radius 1 is 1.45 bits per heavy atom. The normalized spacial score (nSPS) is 22.3. The topological polar surface area (TPSA) is 111 Å². The van der Waals surface area contributed by atoms with Crippen molar-refractivity contribution in [3.8, 4) is 0 Å². The highest BCUT2D eigenvalue weighted by atomic mass is 32.2. The molecule has 1 aliphatic heterocycles. The maximum atomic E-state index is 11.9. The number of nitrogens with zero attached hydrogens (tertiary/aromatic N) is 3. The lowest BCUT2D eigenvalue weighted by molar-refractivity contribution is 0.0697. The third kappa shape index (κ3) is 3.37. The number of aliphatic hydroxyl groups is 1. The van der Waals surface area contributed by atoms with Gasteiger partial charge in [-0.1, -0.05) is 0 Å². The molecule has 0 radical (unpaired) electrons. The molecule has 2 heterocycles. The number of aliphatic hydroxyl groups excluding tert-OH is 1. The molecular formula is C13H19N3O5S. The molecule has 0 unspecified atom stereocenters. The predicted octanol–water partition coefficient (Wildman–Crippen LogP) is -0.532. The minimum Gasteiger partial charge on any atom is -0.478 e. The van der Waals surface area contributed by atoms with Crippen molar-refractivity contribution in [3.63, 3.8) is 0 Å². The van der Waals surface area contributed by atoms with Crippen LogP contribution in [-0.2, 0) is 10.0 Å². The van der Waals surface area contributed by atoms with Gasteiger partial charge in [0.2, 0.25) is 10.0 Å². The molecule has 1 fully saturated rings. The molecule has 122 valence electrons. The van der Waals surface area contributed by atoms with Gasteiger partial charge in [0.1, 0.15) is 11.4 Å². The second kappa shape index (κ2) is 6.19. The standard InChI is InChI=1S/C13H19N3O5S/c1-15(2)22(20,21)8-9-6-16(7-11(9)17)12-10(13(18)19)4-3-5-14-12/h3-5,9,11,17H,6-8H2,1-2H3,(H,18,19)/t9-,11-/m0/s1. The summed E-state index contributed by atoms with van der Waals surface area (Å²) in [6.07, 6.45) is 0.622. The lowest BCUT2D eigenvalue weighted by Crippen LogP contribution is -2.33. The van der Waals surface area contributed by atoms with E-state index in [9.17, 15) is 23.4 Å². The maximum Gasteiger partial charge on any atom is 0.339 e. The van der Waals surface area contributed by atoms with Gasteiger partial charge in [0, 0.05) is 39.3 Å². The van der Waals surface area contributed by atoms with Crippen molar-refractivity contribution in [1.29, 1.82) is 0 Å². The number of aromatic carboxylic acids is 1. The Morgan fingerprint density at radius 2 is 2.14 bits per heavy atom. The first-order valence-corrected chi connectivity index (χ1v) is 8.35. The highest BCUT2D eigenvalue weighted by molar-refractivity contribution is 7.89. The van der Waals surface area contributed by atoms with Crippen molar-refractivity contribution in [2.75, 3.05) is 37.8 Å². The van der Waals surface area contributed by atoms with Crippen LogP contribution in [0.15, 0.2) is 18.3 Å². The third-order valence-electron chi connectivity index (χ3n) is 3.70. The Hall–Kier alpha value is -1.71. The number of carboxylic acids is 1. The number of carbonyl (C=O) groups is 1. The van der Waals surface area contributed by atoms with Gasteiger partial charge in [0.05, 0.1) is 11.9 Å². The molecule has 1 aromatic rings. The van der Waals surface area contributed by atoms with Gasteiger partial charge in [0.25, 0.3) is 0 Å². The van der Waals surface area contributed by atoms with E-state index in [0.717, 1.165) is 4.31 Å². The largest absolute Gasteiger partial charge is 0.478 e. The van der Waals surface area contributed by atoms with Gasteiger partial charge in [-0.3, -0.25) is 0 Å². The molecule has 0 spiro atoms. The predicted molar refractivity (Wildman–Crippen MR) is 80.4 cm³/mol. The summed E-state index contributed by atoms with van der Waals surface area (Å²) in [5.41, 5.74) is 0.0332. The molecule has 0 saturated carbocycles. The minimum atomic E-state index is -3.44. The SMILES string of the molecule is CN(C)S(=O)(=O)C[C@@H]1CN(c2ncccc2C(=O)O)C[C@@H]1O. The second-order valence-electron chi connectivity index (χ2n) is 5.47. The van der Waals surface area contributed by atoms with E-state index in [1.807, 2.05) is 0 Å². The van der Waals surface area contributed by atoms with Gasteiger partial charge in [-0.15, -0.1) is 0 Å². The average Bonchev–Trinajstić information content (AvgIpc) is 2.79. The zero-order valence-corrected chi connectivity index (χ0v) is 13.2. The van der Waals surface area contributed by atoms with Crippen molar-refractivity contribution in [2.24, 2.45) is 5.92 Å². The van der Waals surface area contributed by atoms with E-state index in [0.29, 0.717) is 0 Å². The van der Waals surface area contributed by atoms with Gasteiger partial charge in [-0.05, 0) is 12.1 Å². The van der Waals surface area contributed by atoms with Crippen LogP contribution in [-0.4, -0.2) is 72.9 Å². The minimum absolute atomic E-state index is 0.0332. The zero-order chi connectivity index (χ0) is 16.5. The van der Waals surface area contributed by atoms with Crippen LogP contribution < -0.4 is 4.90 Å². The summed E-state index contributed by atoms with van der Waals surface area (Å²) in [5.74, 6) is -1.54. The number of anilines is 1. The van der Waals surface area contributed by atoms with E-state index < -0.39 is 28.0 Å². The summed E-state index contributed by atoms with van der Waals surface area (Å²) in [4.78, 5) is 16.9. The van der Waals surface area contributed by atoms with E-state index in [4.69, 9.17) is 0 Å². The lowest BCUT2D eigenvalue weighted by Gasteiger charge is -2.19. The number of carboxylic acid groups (broad SMARTS) is 1. The Bertz CT molecular complexity index is 661. The van der Waals surface area contributed by atoms with Crippen LogP contribution in [0, 0.1) is 5.92 Å². The van der Waals surface area contributed by atoms with Gasteiger partial charge < -0.3 is 15.1 Å². The van der Waals surface area contributed by atoms with E-state index in [1.165, 1.54) is 32.4 Å². The fraction of sp³-hybridized carbons (Fsp3) is 0.538. The van der Waals surface area contributed by atoms with Crippen molar-refractivity contribution in [3.05, 3.63) is 23.9 Å². The van der Waals surface area contributed by atoms with Crippen LogP contribution in [0.2, 0.25) is 0 Å². The number of hydrogen-bond acceptors (Lipinski definition) is 6. The number of aromatic nitrogens is 1. The molecule has 1 aromatic heterocycles. The molecule has 0 amide bonds. The van der Waals surface area contributed by atoms with Crippen LogP contribution in [0.3, 0.4) is 0 Å². The Kier molecular flexibility index (Phi) is 4.69. The van der Waals surface area contributed by atoms with Crippen LogP contribution in [0.25, 0.3) is 0 Å². The highest BCUT2D eigenvalue weighted by Crippen LogP contribution is 2.26. The second-order valence-corrected chi connectivity index (χ2v) is 7.70. The Labute approximate surface area is 129 Å². The average molecular weight is 329 g/mol. The first-order valence-electron chi connectivity index (χ1n) is 6.74. The number of hydrogen-bond donors (Lipinski definition) is 2. The number of β-amino-alcohol motifs (C(OH)–C–C–N with tert-alkyl or cyclic N) is 1. The number of sulfonamides is 1. The fourth-order valence-electron chi connectivity index (χ4n) is 2.43. The van der Waals surface area contributed by atoms with Crippen molar-refractivity contribution in [2.45, 2.75) is 6.10 Å². The van der Waals surface area contributed by atoms with E-state index in [2.05, 4.69) is 4.98 Å². The van der Waals surface area contributed by atoms with Crippen LogP contribution in [0.1, 0.15) is 10.4 Å². The summed E-state index contributed by atoms with van der Waals surface area (Å²) in [6, 6.07) is 2.95. The lowest BCUT2D eigenvalue weighted by atomic mass is 10.1. The summed E-state index contributed by atoms with van der Waals surface area (Å²) >= 11 is 0. The van der Waals surface area contributed by atoms with Crippen molar-refractivity contribution >= 4 is 21.8 Å². The molecule has 1 saturated heterocycles. The van der Waals surface area contributed by atoms with Crippen LogP contribution in [0.5, 0.6) is 0 Å². The monoisotopic (exact) mass is 329 g/mol. The molecule has 0 bridgehead atoms. The van der Waals surface area contributed by atoms with E-state index in [-0.39, 0.29) is 30.2 Å².